The summed E-state index contributed by atoms with van der Waals surface area (Å²) in [5.74, 6) is 0.0278. The van der Waals surface area contributed by atoms with Crippen LogP contribution in [0.2, 0.25) is 0 Å². The highest BCUT2D eigenvalue weighted by atomic mass is 32.2. The molecule has 1 heterocycles. The van der Waals surface area contributed by atoms with E-state index in [4.69, 9.17) is 8.92 Å². The predicted molar refractivity (Wildman–Crippen MR) is 95.9 cm³/mol. The summed E-state index contributed by atoms with van der Waals surface area (Å²) in [5, 5.41) is 0. The van der Waals surface area contributed by atoms with Crippen molar-refractivity contribution in [1.29, 1.82) is 0 Å². The maximum atomic E-state index is 12.3. The SMILES string of the molecule is CC(C)(C)OC(=O)N1CCC(c2ccccc2)C(COS(C)(=O)=O)C1. The van der Waals surface area contributed by atoms with Crippen LogP contribution in [0.1, 0.15) is 38.7 Å². The zero-order valence-corrected chi connectivity index (χ0v) is 16.1. The summed E-state index contributed by atoms with van der Waals surface area (Å²) in [4.78, 5) is 14.0. The van der Waals surface area contributed by atoms with Crippen molar-refractivity contribution in [3.63, 3.8) is 0 Å². The minimum atomic E-state index is -3.53. The van der Waals surface area contributed by atoms with Crippen LogP contribution >= 0.6 is 0 Å². The largest absolute Gasteiger partial charge is 0.444 e. The molecule has 140 valence electrons. The summed E-state index contributed by atoms with van der Waals surface area (Å²) in [6, 6.07) is 9.93. The molecule has 0 N–H and O–H groups in total. The van der Waals surface area contributed by atoms with Crippen molar-refractivity contribution >= 4 is 16.2 Å². The number of hydrogen-bond donors (Lipinski definition) is 0. The molecule has 6 nitrogen and oxygen atoms in total. The van der Waals surface area contributed by atoms with Gasteiger partial charge in [0.1, 0.15) is 5.60 Å². The Hall–Kier alpha value is -1.60. The maximum Gasteiger partial charge on any atom is 0.410 e. The van der Waals surface area contributed by atoms with Gasteiger partial charge in [0.2, 0.25) is 0 Å². The lowest BCUT2D eigenvalue weighted by atomic mass is 9.81. The molecule has 1 aliphatic rings. The smallest absolute Gasteiger partial charge is 0.410 e. The number of carbonyl (C=O) groups is 1. The Bertz CT molecular complexity index is 681. The van der Waals surface area contributed by atoms with Gasteiger partial charge in [0.25, 0.3) is 10.1 Å². The first-order valence-electron chi connectivity index (χ1n) is 8.42. The molecule has 1 aromatic carbocycles. The number of nitrogens with zero attached hydrogens (tertiary/aromatic N) is 1. The third-order valence-electron chi connectivity index (χ3n) is 4.11. The zero-order valence-electron chi connectivity index (χ0n) is 15.3. The highest BCUT2D eigenvalue weighted by Gasteiger charge is 2.35. The van der Waals surface area contributed by atoms with Gasteiger partial charge in [-0.15, -0.1) is 0 Å². The van der Waals surface area contributed by atoms with Crippen LogP contribution in [0.5, 0.6) is 0 Å². The third kappa shape index (κ3) is 6.32. The van der Waals surface area contributed by atoms with E-state index in [1.807, 2.05) is 51.1 Å². The lowest BCUT2D eigenvalue weighted by molar-refractivity contribution is 0.0114. The molecule has 0 saturated carbocycles. The number of benzene rings is 1. The molecule has 0 bridgehead atoms. The summed E-state index contributed by atoms with van der Waals surface area (Å²) in [5.41, 5.74) is 0.569. The van der Waals surface area contributed by atoms with Crippen LogP contribution in [0.3, 0.4) is 0 Å². The van der Waals surface area contributed by atoms with Gasteiger partial charge < -0.3 is 9.64 Å². The second-order valence-electron chi connectivity index (χ2n) is 7.48. The van der Waals surface area contributed by atoms with Gasteiger partial charge in [0.15, 0.2) is 0 Å². The second kappa shape index (κ2) is 7.74. The molecular formula is C18H27NO5S. The van der Waals surface area contributed by atoms with Crippen molar-refractivity contribution in [1.82, 2.24) is 4.90 Å². The van der Waals surface area contributed by atoms with Gasteiger partial charge in [0, 0.05) is 19.0 Å². The van der Waals surface area contributed by atoms with Gasteiger partial charge in [-0.25, -0.2) is 4.79 Å². The molecule has 1 aliphatic heterocycles. The fourth-order valence-corrected chi connectivity index (χ4v) is 3.47. The monoisotopic (exact) mass is 369 g/mol. The van der Waals surface area contributed by atoms with E-state index in [9.17, 15) is 13.2 Å². The van der Waals surface area contributed by atoms with Crippen molar-refractivity contribution in [3.8, 4) is 0 Å². The first-order chi connectivity index (χ1) is 11.6. The van der Waals surface area contributed by atoms with E-state index in [1.54, 1.807) is 4.90 Å². The second-order valence-corrected chi connectivity index (χ2v) is 9.12. The molecule has 0 radical (unpaired) electrons. The zero-order chi connectivity index (χ0) is 18.7. The van der Waals surface area contributed by atoms with E-state index in [0.717, 1.165) is 18.2 Å². The number of rotatable bonds is 4. The van der Waals surface area contributed by atoms with Crippen LogP contribution in [0, 0.1) is 5.92 Å². The Morgan fingerprint density at radius 2 is 1.88 bits per heavy atom. The van der Waals surface area contributed by atoms with Gasteiger partial charge in [-0.3, -0.25) is 4.18 Å². The number of likely N-dealkylation sites (tertiary alicyclic amines) is 1. The van der Waals surface area contributed by atoms with E-state index in [1.165, 1.54) is 0 Å². The Morgan fingerprint density at radius 1 is 1.24 bits per heavy atom. The average Bonchev–Trinajstić information content (AvgIpc) is 2.51. The van der Waals surface area contributed by atoms with Crippen LogP contribution in [0.25, 0.3) is 0 Å². The summed E-state index contributed by atoms with van der Waals surface area (Å²) in [6.45, 7) is 6.51. The molecule has 0 aromatic heterocycles. The summed E-state index contributed by atoms with van der Waals surface area (Å²) in [6.07, 6.45) is 1.41. The first-order valence-corrected chi connectivity index (χ1v) is 10.2. The Labute approximate surface area is 150 Å². The minimum absolute atomic E-state index is 0.0533. The molecule has 25 heavy (non-hydrogen) atoms. The molecule has 1 fully saturated rings. The maximum absolute atomic E-state index is 12.3. The summed E-state index contributed by atoms with van der Waals surface area (Å²) in [7, 11) is -3.53. The van der Waals surface area contributed by atoms with E-state index < -0.39 is 15.7 Å². The van der Waals surface area contributed by atoms with Crippen molar-refractivity contribution in [3.05, 3.63) is 35.9 Å². The quantitative estimate of drug-likeness (QED) is 0.763. The van der Waals surface area contributed by atoms with Crippen LogP contribution < -0.4 is 0 Å². The van der Waals surface area contributed by atoms with E-state index >= 15 is 0 Å². The molecule has 1 aromatic rings. The highest BCUT2D eigenvalue weighted by molar-refractivity contribution is 7.85. The Balaban J connectivity index is 2.13. The standard InChI is InChI=1S/C18H27NO5S/c1-18(2,3)24-17(20)19-11-10-16(14-8-6-5-7-9-14)15(12-19)13-23-25(4,21)22/h5-9,15-16H,10-13H2,1-4H3. The number of carbonyl (C=O) groups excluding carboxylic acids is 1. The highest BCUT2D eigenvalue weighted by Crippen LogP contribution is 2.34. The number of piperidine rings is 1. The molecule has 1 amide bonds. The molecular weight excluding hydrogens is 342 g/mol. The molecule has 1 saturated heterocycles. The number of ether oxygens (including phenoxy) is 1. The van der Waals surface area contributed by atoms with E-state index in [-0.39, 0.29) is 24.5 Å². The minimum Gasteiger partial charge on any atom is -0.444 e. The number of amides is 1. The fourth-order valence-electron chi connectivity index (χ4n) is 3.04. The topological polar surface area (TPSA) is 72.9 Å². The fraction of sp³-hybridized carbons (Fsp3) is 0.611. The van der Waals surface area contributed by atoms with Crippen molar-refractivity contribution < 1.29 is 22.1 Å². The molecule has 2 unspecified atom stereocenters. The van der Waals surface area contributed by atoms with Crippen LogP contribution in [-0.4, -0.2) is 51.0 Å². The van der Waals surface area contributed by atoms with Gasteiger partial charge in [-0.1, -0.05) is 30.3 Å². The Morgan fingerprint density at radius 3 is 2.44 bits per heavy atom. The van der Waals surface area contributed by atoms with Crippen molar-refractivity contribution in [2.75, 3.05) is 26.0 Å². The molecule has 0 aliphatic carbocycles. The molecule has 2 atom stereocenters. The van der Waals surface area contributed by atoms with E-state index in [0.29, 0.717) is 13.1 Å². The van der Waals surface area contributed by atoms with Crippen molar-refractivity contribution in [2.45, 2.75) is 38.7 Å². The van der Waals surface area contributed by atoms with E-state index in [2.05, 4.69) is 0 Å². The first kappa shape index (κ1) is 19.7. The number of hydrogen-bond acceptors (Lipinski definition) is 5. The Kier molecular flexibility index (Phi) is 6.11. The average molecular weight is 369 g/mol. The van der Waals surface area contributed by atoms with Crippen LogP contribution in [0.15, 0.2) is 30.3 Å². The summed E-state index contributed by atoms with van der Waals surface area (Å²) < 4.78 is 33.3. The van der Waals surface area contributed by atoms with Crippen molar-refractivity contribution in [2.24, 2.45) is 5.92 Å². The lowest BCUT2D eigenvalue weighted by Gasteiger charge is -2.39. The molecule has 0 spiro atoms. The normalized spacial score (nSPS) is 21.8. The van der Waals surface area contributed by atoms with Gasteiger partial charge in [-0.2, -0.15) is 8.42 Å². The van der Waals surface area contributed by atoms with Gasteiger partial charge >= 0.3 is 6.09 Å². The van der Waals surface area contributed by atoms with Crippen LogP contribution in [0.4, 0.5) is 4.79 Å². The van der Waals surface area contributed by atoms with Gasteiger partial charge in [0.05, 0.1) is 12.9 Å². The van der Waals surface area contributed by atoms with Gasteiger partial charge in [-0.05, 0) is 38.7 Å². The lowest BCUT2D eigenvalue weighted by Crippen LogP contribution is -2.46. The third-order valence-corrected chi connectivity index (χ3v) is 4.67. The summed E-state index contributed by atoms with van der Waals surface area (Å²) >= 11 is 0. The molecule has 2 rings (SSSR count). The molecule has 7 heteroatoms. The van der Waals surface area contributed by atoms with Crippen LogP contribution in [-0.2, 0) is 19.0 Å². The predicted octanol–water partition coefficient (Wildman–Crippen LogP) is 3.00.